The number of nitrogens with one attached hydrogen (secondary N) is 1. The molecule has 7 nitrogen and oxygen atoms in total. The molecule has 1 heterocycles. The van der Waals surface area contributed by atoms with E-state index in [9.17, 15) is 14.4 Å². The number of rotatable bonds is 6. The Labute approximate surface area is 169 Å². The number of benzene rings is 2. The number of amides is 2. The quantitative estimate of drug-likeness (QED) is 0.759. The first-order valence-corrected chi connectivity index (χ1v) is 9.35. The molecule has 2 aromatic carbocycles. The Morgan fingerprint density at radius 3 is 2.55 bits per heavy atom. The molecule has 29 heavy (non-hydrogen) atoms. The van der Waals surface area contributed by atoms with Gasteiger partial charge in [0.2, 0.25) is 5.91 Å². The van der Waals surface area contributed by atoms with E-state index in [4.69, 9.17) is 9.47 Å². The third kappa shape index (κ3) is 4.93. The standard InChI is InChI=1S/C22H24N2O5/c1-14-4-5-15(2)19(10-14)23-20(25)13-29-22(27)16-11-21(26)24(12-16)17-6-8-18(28-3)9-7-17/h4-10,16H,11-13H2,1-3H3,(H,23,25)/t16-/m1/s1. The molecular weight excluding hydrogens is 372 g/mol. The molecule has 2 aromatic rings. The number of nitrogens with zero attached hydrogens (tertiary/aromatic N) is 1. The first-order valence-electron chi connectivity index (χ1n) is 9.35. The van der Waals surface area contributed by atoms with Crippen molar-refractivity contribution >= 4 is 29.2 Å². The van der Waals surface area contributed by atoms with E-state index < -0.39 is 17.8 Å². The number of ether oxygens (including phenoxy) is 2. The molecule has 0 aliphatic carbocycles. The molecule has 1 atom stereocenters. The molecule has 7 heteroatoms. The summed E-state index contributed by atoms with van der Waals surface area (Å²) < 4.78 is 10.3. The van der Waals surface area contributed by atoms with E-state index in [0.717, 1.165) is 11.1 Å². The van der Waals surface area contributed by atoms with Gasteiger partial charge in [-0.05, 0) is 55.3 Å². The summed E-state index contributed by atoms with van der Waals surface area (Å²) in [6.45, 7) is 3.65. The highest BCUT2D eigenvalue weighted by Gasteiger charge is 2.36. The van der Waals surface area contributed by atoms with Gasteiger partial charge in [-0.2, -0.15) is 0 Å². The number of hydrogen-bond donors (Lipinski definition) is 1. The Morgan fingerprint density at radius 1 is 1.14 bits per heavy atom. The Balaban J connectivity index is 1.53. The van der Waals surface area contributed by atoms with Crippen LogP contribution in [0.1, 0.15) is 17.5 Å². The Kier molecular flexibility index (Phi) is 6.16. The van der Waals surface area contributed by atoms with Crippen LogP contribution in [0.5, 0.6) is 5.75 Å². The number of carbonyl (C=O) groups excluding carboxylic acids is 3. The SMILES string of the molecule is COc1ccc(N2C[C@H](C(=O)OCC(=O)Nc3cc(C)ccc3C)CC2=O)cc1. The van der Waals surface area contributed by atoms with Crippen molar-refractivity contribution in [3.05, 3.63) is 53.6 Å². The molecule has 0 aromatic heterocycles. The second-order valence-electron chi connectivity index (χ2n) is 7.08. The van der Waals surface area contributed by atoms with Gasteiger partial charge < -0.3 is 19.7 Å². The third-order valence-electron chi connectivity index (χ3n) is 4.86. The lowest BCUT2D eigenvalue weighted by Gasteiger charge is -2.17. The number of hydrogen-bond acceptors (Lipinski definition) is 5. The summed E-state index contributed by atoms with van der Waals surface area (Å²) in [4.78, 5) is 38.3. The molecule has 3 rings (SSSR count). The van der Waals surface area contributed by atoms with Crippen LogP contribution in [0, 0.1) is 19.8 Å². The normalized spacial score (nSPS) is 15.9. The number of carbonyl (C=O) groups is 3. The minimum Gasteiger partial charge on any atom is -0.497 e. The smallest absolute Gasteiger partial charge is 0.311 e. The summed E-state index contributed by atoms with van der Waals surface area (Å²) in [5, 5.41) is 2.75. The van der Waals surface area contributed by atoms with Crippen LogP contribution in [0.2, 0.25) is 0 Å². The maximum absolute atomic E-state index is 12.3. The topological polar surface area (TPSA) is 84.9 Å². The van der Waals surface area contributed by atoms with E-state index in [0.29, 0.717) is 17.1 Å². The molecule has 0 unspecified atom stereocenters. The van der Waals surface area contributed by atoms with Crippen molar-refractivity contribution in [1.82, 2.24) is 0 Å². The van der Waals surface area contributed by atoms with Gasteiger partial charge in [0.25, 0.3) is 5.91 Å². The van der Waals surface area contributed by atoms with Gasteiger partial charge >= 0.3 is 5.97 Å². The fourth-order valence-electron chi connectivity index (χ4n) is 3.19. The average Bonchev–Trinajstić information content (AvgIpc) is 3.10. The van der Waals surface area contributed by atoms with Crippen LogP contribution >= 0.6 is 0 Å². The molecule has 0 spiro atoms. The van der Waals surface area contributed by atoms with Gasteiger partial charge in [0, 0.05) is 24.3 Å². The van der Waals surface area contributed by atoms with Crippen LogP contribution in [0.3, 0.4) is 0 Å². The number of anilines is 2. The van der Waals surface area contributed by atoms with Crippen molar-refractivity contribution in [3.8, 4) is 5.75 Å². The molecule has 0 radical (unpaired) electrons. The van der Waals surface area contributed by atoms with Crippen molar-refractivity contribution in [1.29, 1.82) is 0 Å². The monoisotopic (exact) mass is 396 g/mol. The van der Waals surface area contributed by atoms with E-state index in [1.54, 1.807) is 36.3 Å². The number of esters is 1. The summed E-state index contributed by atoms with van der Waals surface area (Å²) in [6, 6.07) is 12.8. The molecule has 0 saturated carbocycles. The maximum atomic E-state index is 12.3. The van der Waals surface area contributed by atoms with Crippen LogP contribution in [0.25, 0.3) is 0 Å². The molecule has 1 fully saturated rings. The van der Waals surface area contributed by atoms with E-state index in [2.05, 4.69) is 5.32 Å². The van der Waals surface area contributed by atoms with Gasteiger partial charge in [0.1, 0.15) is 5.75 Å². The van der Waals surface area contributed by atoms with Crippen LogP contribution in [-0.2, 0) is 19.1 Å². The van der Waals surface area contributed by atoms with Crippen LogP contribution in [-0.4, -0.2) is 38.0 Å². The van der Waals surface area contributed by atoms with Gasteiger partial charge in [-0.1, -0.05) is 12.1 Å². The molecule has 1 saturated heterocycles. The number of aryl methyl sites for hydroxylation is 2. The highest BCUT2D eigenvalue weighted by Crippen LogP contribution is 2.27. The second-order valence-corrected chi connectivity index (χ2v) is 7.08. The van der Waals surface area contributed by atoms with Crippen molar-refractivity contribution in [2.24, 2.45) is 5.92 Å². The zero-order chi connectivity index (χ0) is 21.0. The molecule has 0 bridgehead atoms. The fourth-order valence-corrected chi connectivity index (χ4v) is 3.19. The first kappa shape index (κ1) is 20.4. The first-order chi connectivity index (χ1) is 13.9. The second kappa shape index (κ2) is 8.77. The molecular formula is C22H24N2O5. The fraction of sp³-hybridized carbons (Fsp3) is 0.318. The Morgan fingerprint density at radius 2 is 1.86 bits per heavy atom. The van der Waals surface area contributed by atoms with Gasteiger partial charge in [-0.25, -0.2) is 0 Å². The summed E-state index contributed by atoms with van der Waals surface area (Å²) in [5.41, 5.74) is 3.32. The van der Waals surface area contributed by atoms with Gasteiger partial charge in [-0.3, -0.25) is 14.4 Å². The third-order valence-corrected chi connectivity index (χ3v) is 4.86. The molecule has 1 N–H and O–H groups in total. The minimum atomic E-state index is -0.599. The highest BCUT2D eigenvalue weighted by molar-refractivity contribution is 6.00. The largest absolute Gasteiger partial charge is 0.497 e. The van der Waals surface area contributed by atoms with Crippen molar-refractivity contribution in [3.63, 3.8) is 0 Å². The van der Waals surface area contributed by atoms with E-state index in [-0.39, 0.29) is 25.5 Å². The summed E-state index contributed by atoms with van der Waals surface area (Å²) in [5.74, 6) is -1.03. The van der Waals surface area contributed by atoms with Gasteiger partial charge in [0.05, 0.1) is 13.0 Å². The minimum absolute atomic E-state index is 0.0590. The molecule has 1 aliphatic rings. The predicted octanol–water partition coefficient (Wildman–Crippen LogP) is 2.85. The maximum Gasteiger partial charge on any atom is 0.311 e. The lowest BCUT2D eigenvalue weighted by atomic mass is 10.1. The van der Waals surface area contributed by atoms with Crippen LogP contribution < -0.4 is 15.0 Å². The molecule has 1 aliphatic heterocycles. The zero-order valence-electron chi connectivity index (χ0n) is 16.7. The van der Waals surface area contributed by atoms with Crippen LogP contribution in [0.15, 0.2) is 42.5 Å². The summed E-state index contributed by atoms with van der Waals surface area (Å²) >= 11 is 0. The van der Waals surface area contributed by atoms with E-state index in [1.165, 1.54) is 0 Å². The van der Waals surface area contributed by atoms with Crippen molar-refractivity contribution in [2.75, 3.05) is 30.5 Å². The van der Waals surface area contributed by atoms with Crippen molar-refractivity contribution < 1.29 is 23.9 Å². The van der Waals surface area contributed by atoms with Gasteiger partial charge in [-0.15, -0.1) is 0 Å². The highest BCUT2D eigenvalue weighted by atomic mass is 16.5. The zero-order valence-corrected chi connectivity index (χ0v) is 16.7. The summed E-state index contributed by atoms with van der Waals surface area (Å²) in [7, 11) is 1.57. The van der Waals surface area contributed by atoms with Gasteiger partial charge in [0.15, 0.2) is 6.61 Å². The summed E-state index contributed by atoms with van der Waals surface area (Å²) in [6.07, 6.45) is 0.0590. The average molecular weight is 396 g/mol. The Hall–Kier alpha value is -3.35. The molecule has 2 amide bonds. The Bertz CT molecular complexity index is 923. The predicted molar refractivity (Wildman–Crippen MR) is 109 cm³/mol. The lowest BCUT2D eigenvalue weighted by Crippen LogP contribution is -2.28. The number of methoxy groups -OCH3 is 1. The van der Waals surface area contributed by atoms with Crippen LogP contribution in [0.4, 0.5) is 11.4 Å². The molecule has 152 valence electrons. The van der Waals surface area contributed by atoms with E-state index >= 15 is 0 Å². The lowest BCUT2D eigenvalue weighted by molar-refractivity contribution is -0.151. The van der Waals surface area contributed by atoms with E-state index in [1.807, 2.05) is 32.0 Å². The van der Waals surface area contributed by atoms with Crippen molar-refractivity contribution in [2.45, 2.75) is 20.3 Å².